The summed E-state index contributed by atoms with van der Waals surface area (Å²) in [5, 5.41) is 11.3. The molecule has 1 aromatic carbocycles. The van der Waals surface area contributed by atoms with E-state index in [4.69, 9.17) is 21.4 Å². The largest absolute Gasteiger partial charge is 0.491 e. The average Bonchev–Trinajstić information content (AvgIpc) is 2.57. The molecular formula is C19H21ClF3N3O3. The highest BCUT2D eigenvalue weighted by Gasteiger charge is 2.36. The molecule has 0 radical (unpaired) electrons. The Bertz CT molecular complexity index is 877. The summed E-state index contributed by atoms with van der Waals surface area (Å²) in [6.07, 6.45) is -4.23. The van der Waals surface area contributed by atoms with E-state index in [1.54, 1.807) is 6.92 Å². The number of benzene rings is 1. The lowest BCUT2D eigenvalue weighted by Gasteiger charge is -2.31. The van der Waals surface area contributed by atoms with Crippen LogP contribution in [0, 0.1) is 5.92 Å². The van der Waals surface area contributed by atoms with Crippen molar-refractivity contribution in [2.45, 2.75) is 38.9 Å². The average molecular weight is 432 g/mol. The van der Waals surface area contributed by atoms with Crippen LogP contribution in [0.3, 0.4) is 0 Å². The third-order valence-electron chi connectivity index (χ3n) is 4.02. The van der Waals surface area contributed by atoms with E-state index < -0.39 is 29.1 Å². The van der Waals surface area contributed by atoms with Crippen LogP contribution >= 0.6 is 11.6 Å². The molecule has 0 saturated heterocycles. The predicted octanol–water partition coefficient (Wildman–Crippen LogP) is 5.27. The van der Waals surface area contributed by atoms with Crippen LogP contribution in [-0.4, -0.2) is 33.3 Å². The molecule has 0 fully saturated rings. The number of alkyl halides is 3. The van der Waals surface area contributed by atoms with Gasteiger partial charge in [-0.15, -0.1) is 0 Å². The first-order chi connectivity index (χ1) is 13.4. The van der Waals surface area contributed by atoms with Crippen molar-refractivity contribution in [3.8, 4) is 17.0 Å². The molecule has 6 nitrogen and oxygen atoms in total. The number of halogens is 4. The number of ether oxygens (including phenoxy) is 1. The zero-order valence-corrected chi connectivity index (χ0v) is 16.8. The smallest absolute Gasteiger partial charge is 0.419 e. The topological polar surface area (TPSA) is 84.3 Å². The zero-order valence-electron chi connectivity index (χ0n) is 16.0. The monoisotopic (exact) mass is 431 g/mol. The van der Waals surface area contributed by atoms with Crippen molar-refractivity contribution in [2.24, 2.45) is 5.92 Å². The van der Waals surface area contributed by atoms with Gasteiger partial charge in [-0.2, -0.15) is 13.2 Å². The minimum absolute atomic E-state index is 0.0828. The van der Waals surface area contributed by atoms with E-state index in [1.165, 1.54) is 24.4 Å². The third-order valence-corrected chi connectivity index (χ3v) is 4.20. The highest BCUT2D eigenvalue weighted by Crippen LogP contribution is 2.39. The van der Waals surface area contributed by atoms with E-state index in [9.17, 15) is 18.0 Å². The summed E-state index contributed by atoms with van der Waals surface area (Å²) in [4.78, 5) is 18.7. The number of nitrogens with one attached hydrogen (secondary N) is 1. The minimum atomic E-state index is -4.68. The molecule has 1 amide bonds. The first kappa shape index (κ1) is 22.7. The van der Waals surface area contributed by atoms with Gasteiger partial charge in [0.05, 0.1) is 16.8 Å². The van der Waals surface area contributed by atoms with E-state index >= 15 is 0 Å². The van der Waals surface area contributed by atoms with Crippen LogP contribution in [0.25, 0.3) is 11.3 Å². The number of rotatable bonds is 7. The molecule has 10 heteroatoms. The van der Waals surface area contributed by atoms with Gasteiger partial charge in [-0.1, -0.05) is 13.8 Å². The number of carbonyl (C=O) groups is 1. The van der Waals surface area contributed by atoms with Crippen LogP contribution in [-0.2, 0) is 6.18 Å². The Morgan fingerprint density at radius 3 is 2.55 bits per heavy atom. The van der Waals surface area contributed by atoms with Gasteiger partial charge < -0.3 is 15.2 Å². The zero-order chi connectivity index (χ0) is 21.8. The molecule has 158 valence electrons. The summed E-state index contributed by atoms with van der Waals surface area (Å²) in [7, 11) is 0. The van der Waals surface area contributed by atoms with E-state index in [-0.39, 0.29) is 29.1 Å². The van der Waals surface area contributed by atoms with E-state index in [2.05, 4.69) is 15.3 Å². The van der Waals surface area contributed by atoms with Gasteiger partial charge in [0, 0.05) is 11.8 Å². The fourth-order valence-corrected chi connectivity index (χ4v) is 3.22. The van der Waals surface area contributed by atoms with Gasteiger partial charge in [0.2, 0.25) is 5.28 Å². The molecule has 0 bridgehead atoms. The Morgan fingerprint density at radius 1 is 1.31 bits per heavy atom. The minimum Gasteiger partial charge on any atom is -0.491 e. The van der Waals surface area contributed by atoms with Crippen LogP contribution in [0.5, 0.6) is 5.75 Å². The maximum absolute atomic E-state index is 13.6. The van der Waals surface area contributed by atoms with Crippen molar-refractivity contribution in [3.05, 3.63) is 41.3 Å². The van der Waals surface area contributed by atoms with E-state index in [1.807, 2.05) is 13.8 Å². The van der Waals surface area contributed by atoms with Crippen LogP contribution in [0.4, 0.5) is 18.0 Å². The molecule has 0 aliphatic rings. The molecular weight excluding hydrogens is 411 g/mol. The molecule has 0 saturated carbocycles. The summed E-state index contributed by atoms with van der Waals surface area (Å²) in [6, 6.07) is 4.97. The van der Waals surface area contributed by atoms with Crippen LogP contribution in [0.1, 0.15) is 32.8 Å². The van der Waals surface area contributed by atoms with Crippen molar-refractivity contribution in [2.75, 3.05) is 6.61 Å². The number of aromatic nitrogens is 2. The van der Waals surface area contributed by atoms with E-state index in [0.717, 1.165) is 6.07 Å². The van der Waals surface area contributed by atoms with Crippen molar-refractivity contribution >= 4 is 17.7 Å². The lowest BCUT2D eigenvalue weighted by atomic mass is 9.91. The number of nitrogens with zero attached hydrogens (tertiary/aromatic N) is 2. The highest BCUT2D eigenvalue weighted by atomic mass is 35.5. The fourth-order valence-electron chi connectivity index (χ4n) is 3.07. The quantitative estimate of drug-likeness (QED) is 0.583. The molecule has 29 heavy (non-hydrogen) atoms. The van der Waals surface area contributed by atoms with Crippen molar-refractivity contribution in [1.82, 2.24) is 15.3 Å². The Kier molecular flexibility index (Phi) is 6.94. The first-order valence-electron chi connectivity index (χ1n) is 8.74. The summed E-state index contributed by atoms with van der Waals surface area (Å²) < 4.78 is 46.3. The Hall–Kier alpha value is -2.55. The van der Waals surface area contributed by atoms with E-state index in [0.29, 0.717) is 6.42 Å². The lowest BCUT2D eigenvalue weighted by molar-refractivity contribution is -0.139. The number of hydrogen-bond acceptors (Lipinski definition) is 4. The van der Waals surface area contributed by atoms with Gasteiger partial charge in [0.25, 0.3) is 0 Å². The Labute approximate surface area is 171 Å². The maximum atomic E-state index is 13.6. The number of hydrogen-bond donors (Lipinski definition) is 2. The molecule has 0 spiro atoms. The number of carboxylic acid groups (broad SMARTS) is 1. The molecule has 2 N–H and O–H groups in total. The highest BCUT2D eigenvalue weighted by molar-refractivity contribution is 6.28. The van der Waals surface area contributed by atoms with Gasteiger partial charge in [-0.05, 0) is 55.1 Å². The summed E-state index contributed by atoms with van der Waals surface area (Å²) in [5.41, 5.74) is -1.62. The SMILES string of the molecule is CC(C)CC(C)(COc1ccc(-c2ccnc(Cl)n2)cc1C(F)(F)F)NC(=O)O. The van der Waals surface area contributed by atoms with Crippen LogP contribution < -0.4 is 10.1 Å². The van der Waals surface area contributed by atoms with Crippen molar-refractivity contribution in [3.63, 3.8) is 0 Å². The molecule has 2 rings (SSSR count). The number of amides is 1. The van der Waals surface area contributed by atoms with Gasteiger partial charge in [0.15, 0.2) is 0 Å². The normalized spacial score (nSPS) is 13.8. The Morgan fingerprint density at radius 2 is 2.00 bits per heavy atom. The molecule has 1 atom stereocenters. The molecule has 0 aliphatic carbocycles. The van der Waals surface area contributed by atoms with Gasteiger partial charge in [0.1, 0.15) is 12.4 Å². The molecule has 0 aliphatic heterocycles. The molecule has 1 aromatic heterocycles. The van der Waals surface area contributed by atoms with Gasteiger partial charge in [-0.25, -0.2) is 14.8 Å². The molecule has 1 heterocycles. The van der Waals surface area contributed by atoms with Gasteiger partial charge in [-0.3, -0.25) is 0 Å². The standard InChI is InChI=1S/C19H21ClF3N3O3/c1-11(2)9-18(3,26-17(27)28)10-29-15-5-4-12(8-13(15)19(21,22)23)14-6-7-24-16(20)25-14/h4-8,11,26H,9-10H2,1-3H3,(H,27,28). The summed E-state index contributed by atoms with van der Waals surface area (Å²) >= 11 is 5.71. The van der Waals surface area contributed by atoms with Gasteiger partial charge >= 0.3 is 12.3 Å². The van der Waals surface area contributed by atoms with Crippen molar-refractivity contribution in [1.29, 1.82) is 0 Å². The summed E-state index contributed by atoms with van der Waals surface area (Å²) in [6.45, 7) is 5.08. The Balaban J connectivity index is 2.35. The first-order valence-corrected chi connectivity index (χ1v) is 9.11. The molecule has 1 unspecified atom stereocenters. The van der Waals surface area contributed by atoms with Crippen LogP contribution in [0.2, 0.25) is 5.28 Å². The third kappa shape index (κ3) is 6.49. The lowest BCUT2D eigenvalue weighted by Crippen LogP contribution is -2.50. The second-order valence-corrected chi connectivity index (χ2v) is 7.64. The molecule has 2 aromatic rings. The van der Waals surface area contributed by atoms with Crippen LogP contribution in [0.15, 0.2) is 30.5 Å². The predicted molar refractivity (Wildman–Crippen MR) is 102 cm³/mol. The maximum Gasteiger partial charge on any atom is 0.419 e. The van der Waals surface area contributed by atoms with Crippen molar-refractivity contribution < 1.29 is 27.8 Å². The summed E-state index contributed by atoms with van der Waals surface area (Å²) in [5.74, 6) is -0.300. The second-order valence-electron chi connectivity index (χ2n) is 7.30. The fraction of sp³-hybridized carbons (Fsp3) is 0.421. The second kappa shape index (κ2) is 8.86.